The van der Waals surface area contributed by atoms with Crippen molar-refractivity contribution < 1.29 is 14.7 Å². The topological polar surface area (TPSA) is 72.9 Å². The third-order valence-electron chi connectivity index (χ3n) is 4.17. The predicted octanol–water partition coefficient (Wildman–Crippen LogP) is 1.22. The molecule has 1 saturated heterocycles. The molecule has 0 radical (unpaired) electrons. The van der Waals surface area contributed by atoms with Gasteiger partial charge < -0.3 is 20.2 Å². The van der Waals surface area contributed by atoms with Crippen LogP contribution >= 0.6 is 0 Å². The number of piperidine rings is 1. The minimum atomic E-state index is -0.964. The first-order valence-electron chi connectivity index (χ1n) is 7.31. The van der Waals surface area contributed by atoms with Gasteiger partial charge in [0.05, 0.1) is 0 Å². The molecule has 1 aliphatic rings. The normalized spacial score (nSPS) is 22.4. The summed E-state index contributed by atoms with van der Waals surface area (Å²) in [5.41, 5.74) is 0. The lowest BCUT2D eigenvalue weighted by Gasteiger charge is -2.36. The summed E-state index contributed by atoms with van der Waals surface area (Å²) in [4.78, 5) is 27.3. The van der Waals surface area contributed by atoms with Gasteiger partial charge in [-0.05, 0) is 32.9 Å². The zero-order chi connectivity index (χ0) is 15.3. The van der Waals surface area contributed by atoms with Crippen LogP contribution in [0.2, 0.25) is 0 Å². The summed E-state index contributed by atoms with van der Waals surface area (Å²) in [7, 11) is 4.01. The maximum atomic E-state index is 12.2. The Morgan fingerprint density at radius 3 is 2.60 bits per heavy atom. The summed E-state index contributed by atoms with van der Waals surface area (Å²) in [6.45, 7) is 5.13. The van der Waals surface area contributed by atoms with E-state index in [1.807, 2.05) is 27.9 Å². The van der Waals surface area contributed by atoms with Gasteiger partial charge in [-0.25, -0.2) is 9.59 Å². The molecule has 6 nitrogen and oxygen atoms in total. The quantitative estimate of drug-likeness (QED) is 0.796. The van der Waals surface area contributed by atoms with Crippen LogP contribution in [0.5, 0.6) is 0 Å². The summed E-state index contributed by atoms with van der Waals surface area (Å²) in [5, 5.41) is 11.9. The molecule has 1 aliphatic heterocycles. The van der Waals surface area contributed by atoms with Crippen LogP contribution in [0, 0.1) is 5.92 Å². The first-order chi connectivity index (χ1) is 9.36. The minimum absolute atomic E-state index is 0.0779. The maximum Gasteiger partial charge on any atom is 0.326 e. The first-order valence-corrected chi connectivity index (χ1v) is 7.31. The molecule has 2 N–H and O–H groups in total. The van der Waals surface area contributed by atoms with Gasteiger partial charge in [0.2, 0.25) is 0 Å². The lowest BCUT2D eigenvalue weighted by atomic mass is 9.99. The van der Waals surface area contributed by atoms with E-state index in [0.717, 1.165) is 19.3 Å². The van der Waals surface area contributed by atoms with Crippen molar-refractivity contribution in [1.29, 1.82) is 0 Å². The van der Waals surface area contributed by atoms with Crippen molar-refractivity contribution in [2.24, 2.45) is 5.92 Å². The zero-order valence-electron chi connectivity index (χ0n) is 12.9. The van der Waals surface area contributed by atoms with Gasteiger partial charge in [-0.2, -0.15) is 0 Å². The molecule has 0 aromatic rings. The second-order valence-electron chi connectivity index (χ2n) is 5.86. The molecular weight excluding hydrogens is 258 g/mol. The van der Waals surface area contributed by atoms with Crippen LogP contribution in [0.1, 0.15) is 33.1 Å². The summed E-state index contributed by atoms with van der Waals surface area (Å²) in [5.74, 6) is -1.04. The Labute approximate surface area is 121 Å². The third kappa shape index (κ3) is 4.37. The van der Waals surface area contributed by atoms with Gasteiger partial charge in [0.1, 0.15) is 6.04 Å². The van der Waals surface area contributed by atoms with Crippen molar-refractivity contribution in [3.8, 4) is 0 Å². The van der Waals surface area contributed by atoms with Crippen LogP contribution in [0.4, 0.5) is 4.79 Å². The van der Waals surface area contributed by atoms with Gasteiger partial charge >= 0.3 is 12.0 Å². The minimum Gasteiger partial charge on any atom is -0.480 e. The van der Waals surface area contributed by atoms with E-state index in [0.29, 0.717) is 19.1 Å². The Morgan fingerprint density at radius 1 is 1.45 bits per heavy atom. The molecule has 20 heavy (non-hydrogen) atoms. The summed E-state index contributed by atoms with van der Waals surface area (Å²) >= 11 is 0. The Morgan fingerprint density at radius 2 is 2.10 bits per heavy atom. The smallest absolute Gasteiger partial charge is 0.326 e. The van der Waals surface area contributed by atoms with Gasteiger partial charge in [0, 0.05) is 19.1 Å². The van der Waals surface area contributed by atoms with Gasteiger partial charge in [0.15, 0.2) is 0 Å². The molecule has 1 unspecified atom stereocenters. The lowest BCUT2D eigenvalue weighted by molar-refractivity contribution is -0.140. The van der Waals surface area contributed by atoms with Crippen molar-refractivity contribution in [1.82, 2.24) is 15.1 Å². The van der Waals surface area contributed by atoms with E-state index in [2.05, 4.69) is 10.2 Å². The van der Waals surface area contributed by atoms with Crippen LogP contribution < -0.4 is 5.32 Å². The summed E-state index contributed by atoms with van der Waals surface area (Å²) in [6.07, 6.45) is 2.75. The van der Waals surface area contributed by atoms with Gasteiger partial charge in [-0.15, -0.1) is 0 Å². The summed E-state index contributed by atoms with van der Waals surface area (Å²) < 4.78 is 0. The van der Waals surface area contributed by atoms with Gasteiger partial charge in [-0.3, -0.25) is 0 Å². The standard InChI is InChI=1S/C14H27N3O3/c1-5-10(2)12(13(18)19)15-14(20)17-8-6-7-11(9-17)16(3)4/h10-12H,5-9H2,1-4H3,(H,15,20)(H,18,19)/t10-,11?,12-/m0/s1. The molecule has 1 heterocycles. The molecule has 6 heteroatoms. The van der Waals surface area contributed by atoms with Gasteiger partial charge in [-0.1, -0.05) is 20.3 Å². The van der Waals surface area contributed by atoms with Crippen LogP contribution in [-0.4, -0.2) is 66.2 Å². The van der Waals surface area contributed by atoms with Crippen molar-refractivity contribution in [2.45, 2.75) is 45.2 Å². The number of urea groups is 1. The zero-order valence-corrected chi connectivity index (χ0v) is 12.9. The van der Waals surface area contributed by atoms with E-state index in [9.17, 15) is 14.7 Å². The Bertz CT molecular complexity index is 347. The number of carbonyl (C=O) groups excluding carboxylic acids is 1. The molecule has 0 bridgehead atoms. The number of nitrogens with one attached hydrogen (secondary N) is 1. The Hall–Kier alpha value is -1.30. The molecule has 0 aliphatic carbocycles. The highest BCUT2D eigenvalue weighted by atomic mass is 16.4. The fourth-order valence-electron chi connectivity index (χ4n) is 2.47. The predicted molar refractivity (Wildman–Crippen MR) is 77.7 cm³/mol. The number of aliphatic carboxylic acids is 1. The fraction of sp³-hybridized carbons (Fsp3) is 0.857. The molecule has 1 fully saturated rings. The number of amides is 2. The number of carbonyl (C=O) groups is 2. The van der Waals surface area contributed by atoms with E-state index >= 15 is 0 Å². The average molecular weight is 285 g/mol. The monoisotopic (exact) mass is 285 g/mol. The molecule has 116 valence electrons. The molecule has 0 spiro atoms. The number of hydrogen-bond acceptors (Lipinski definition) is 3. The van der Waals surface area contributed by atoms with Crippen LogP contribution in [0.3, 0.4) is 0 Å². The molecule has 0 saturated carbocycles. The number of likely N-dealkylation sites (tertiary alicyclic amines) is 1. The van der Waals surface area contributed by atoms with Crippen molar-refractivity contribution in [3.05, 3.63) is 0 Å². The second-order valence-corrected chi connectivity index (χ2v) is 5.86. The molecule has 0 aromatic carbocycles. The molecule has 2 amide bonds. The van der Waals surface area contributed by atoms with Crippen LogP contribution in [0.15, 0.2) is 0 Å². The highest BCUT2D eigenvalue weighted by Crippen LogP contribution is 2.15. The SMILES string of the molecule is CC[C@H](C)[C@H](NC(=O)N1CCCC(N(C)C)C1)C(=O)O. The number of likely N-dealkylation sites (N-methyl/N-ethyl adjacent to an activating group) is 1. The van der Waals surface area contributed by atoms with Gasteiger partial charge in [0.25, 0.3) is 0 Å². The lowest BCUT2D eigenvalue weighted by Crippen LogP contribution is -2.55. The van der Waals surface area contributed by atoms with E-state index in [1.165, 1.54) is 0 Å². The van der Waals surface area contributed by atoms with E-state index in [1.54, 1.807) is 4.90 Å². The van der Waals surface area contributed by atoms with E-state index in [4.69, 9.17) is 0 Å². The molecule has 3 atom stereocenters. The maximum absolute atomic E-state index is 12.2. The molecular formula is C14H27N3O3. The number of rotatable bonds is 5. The number of carboxylic acids is 1. The highest BCUT2D eigenvalue weighted by molar-refractivity contribution is 5.82. The van der Waals surface area contributed by atoms with Crippen molar-refractivity contribution in [2.75, 3.05) is 27.2 Å². The Balaban J connectivity index is 2.62. The van der Waals surface area contributed by atoms with Crippen LogP contribution in [-0.2, 0) is 4.79 Å². The number of nitrogens with zero attached hydrogens (tertiary/aromatic N) is 2. The van der Waals surface area contributed by atoms with E-state index < -0.39 is 12.0 Å². The van der Waals surface area contributed by atoms with Crippen molar-refractivity contribution >= 4 is 12.0 Å². The molecule has 0 aromatic heterocycles. The first kappa shape index (κ1) is 16.8. The van der Waals surface area contributed by atoms with Crippen molar-refractivity contribution in [3.63, 3.8) is 0 Å². The van der Waals surface area contributed by atoms with E-state index in [-0.39, 0.29) is 11.9 Å². The fourth-order valence-corrected chi connectivity index (χ4v) is 2.47. The largest absolute Gasteiger partial charge is 0.480 e. The highest BCUT2D eigenvalue weighted by Gasteiger charge is 2.30. The average Bonchev–Trinajstić information content (AvgIpc) is 2.43. The molecule has 1 rings (SSSR count). The second kappa shape index (κ2) is 7.47. The third-order valence-corrected chi connectivity index (χ3v) is 4.17. The Kier molecular flexibility index (Phi) is 6.26. The van der Waals surface area contributed by atoms with Crippen LogP contribution in [0.25, 0.3) is 0 Å². The number of carboxylic acid groups (broad SMARTS) is 1. The summed E-state index contributed by atoms with van der Waals surface area (Å²) in [6, 6.07) is -0.724. The number of hydrogen-bond donors (Lipinski definition) is 2.